The quantitative estimate of drug-likeness (QED) is 0.653. The summed E-state index contributed by atoms with van der Waals surface area (Å²) >= 11 is 0. The van der Waals surface area contributed by atoms with Gasteiger partial charge in [-0.3, -0.25) is 4.79 Å². The van der Waals surface area contributed by atoms with Gasteiger partial charge in [-0.15, -0.1) is 0 Å². The van der Waals surface area contributed by atoms with Gasteiger partial charge in [0, 0.05) is 17.6 Å². The van der Waals surface area contributed by atoms with E-state index in [1.807, 2.05) is 26.0 Å². The second kappa shape index (κ2) is 8.69. The van der Waals surface area contributed by atoms with E-state index in [0.29, 0.717) is 22.6 Å². The van der Waals surface area contributed by atoms with Crippen LogP contribution in [0.15, 0.2) is 66.9 Å². The van der Waals surface area contributed by atoms with Gasteiger partial charge in [-0.25, -0.2) is 4.98 Å². The number of ether oxygens (including phenoxy) is 1. The Labute approximate surface area is 163 Å². The molecule has 3 aromatic rings. The van der Waals surface area contributed by atoms with Gasteiger partial charge in [0.25, 0.3) is 5.91 Å². The molecule has 28 heavy (non-hydrogen) atoms. The van der Waals surface area contributed by atoms with E-state index in [1.165, 1.54) is 6.20 Å². The van der Waals surface area contributed by atoms with Crippen LogP contribution >= 0.6 is 0 Å². The fraction of sp³-hybridized carbons (Fsp3) is 0.136. The van der Waals surface area contributed by atoms with Crippen LogP contribution in [-0.2, 0) is 0 Å². The molecule has 0 unspecified atom stereocenters. The summed E-state index contributed by atoms with van der Waals surface area (Å²) in [6, 6.07) is 19.8. The zero-order valence-corrected chi connectivity index (χ0v) is 15.6. The van der Waals surface area contributed by atoms with E-state index in [4.69, 9.17) is 10.00 Å². The molecule has 0 saturated heterocycles. The average Bonchev–Trinajstić information content (AvgIpc) is 2.70. The first kappa shape index (κ1) is 18.9. The van der Waals surface area contributed by atoms with Gasteiger partial charge >= 0.3 is 0 Å². The lowest BCUT2D eigenvalue weighted by atomic mass is 10.2. The highest BCUT2D eigenvalue weighted by Crippen LogP contribution is 2.19. The summed E-state index contributed by atoms with van der Waals surface area (Å²) in [5.74, 6) is 1.12. The monoisotopic (exact) mass is 372 g/mol. The molecule has 0 radical (unpaired) electrons. The molecule has 0 aliphatic rings. The standard InChI is InChI=1S/C22H20N4O2/c1-15(2)28-20-10-8-19(9-11-20)26-22(27)17-5-12-21(24-14-17)25-18-6-3-16(13-23)4-7-18/h3-12,14-15H,1-2H3,(H,24,25)(H,26,27). The van der Waals surface area contributed by atoms with Crippen LogP contribution in [0.4, 0.5) is 17.2 Å². The summed E-state index contributed by atoms with van der Waals surface area (Å²) in [4.78, 5) is 16.7. The largest absolute Gasteiger partial charge is 0.491 e. The third-order valence-corrected chi connectivity index (χ3v) is 3.80. The topological polar surface area (TPSA) is 87.0 Å². The molecule has 0 aliphatic heterocycles. The number of carbonyl (C=O) groups excluding carboxylic acids is 1. The average molecular weight is 372 g/mol. The van der Waals surface area contributed by atoms with Gasteiger partial charge in [-0.1, -0.05) is 0 Å². The molecular weight excluding hydrogens is 352 g/mol. The molecule has 6 nitrogen and oxygen atoms in total. The Bertz CT molecular complexity index is 973. The fourth-order valence-corrected chi connectivity index (χ4v) is 2.47. The van der Waals surface area contributed by atoms with Gasteiger partial charge < -0.3 is 15.4 Å². The number of hydrogen-bond acceptors (Lipinski definition) is 5. The minimum Gasteiger partial charge on any atom is -0.491 e. The van der Waals surface area contributed by atoms with E-state index in [0.717, 1.165) is 11.4 Å². The molecule has 2 aromatic carbocycles. The van der Waals surface area contributed by atoms with Crippen molar-refractivity contribution in [3.63, 3.8) is 0 Å². The van der Waals surface area contributed by atoms with E-state index in [9.17, 15) is 4.79 Å². The first-order valence-electron chi connectivity index (χ1n) is 8.85. The minimum atomic E-state index is -0.241. The second-order valence-corrected chi connectivity index (χ2v) is 6.39. The smallest absolute Gasteiger partial charge is 0.257 e. The number of rotatable bonds is 6. The summed E-state index contributed by atoms with van der Waals surface area (Å²) in [6.07, 6.45) is 1.61. The highest BCUT2D eigenvalue weighted by molar-refractivity contribution is 6.04. The summed E-state index contributed by atoms with van der Waals surface area (Å²) in [5, 5.41) is 14.8. The van der Waals surface area contributed by atoms with Gasteiger partial charge in [0.05, 0.1) is 23.3 Å². The van der Waals surface area contributed by atoms with Gasteiger partial charge in [-0.05, 0) is 74.5 Å². The lowest BCUT2D eigenvalue weighted by Crippen LogP contribution is -2.12. The van der Waals surface area contributed by atoms with Crippen LogP contribution in [0.5, 0.6) is 5.75 Å². The Morgan fingerprint density at radius 1 is 1.00 bits per heavy atom. The maximum atomic E-state index is 12.4. The summed E-state index contributed by atoms with van der Waals surface area (Å²) < 4.78 is 5.59. The molecule has 0 saturated carbocycles. The molecule has 6 heteroatoms. The number of anilines is 3. The molecule has 0 fully saturated rings. The van der Waals surface area contributed by atoms with Crippen molar-refractivity contribution in [2.45, 2.75) is 20.0 Å². The van der Waals surface area contributed by atoms with Crippen molar-refractivity contribution in [2.24, 2.45) is 0 Å². The zero-order valence-electron chi connectivity index (χ0n) is 15.6. The van der Waals surface area contributed by atoms with E-state index in [-0.39, 0.29) is 12.0 Å². The van der Waals surface area contributed by atoms with E-state index in [1.54, 1.807) is 48.5 Å². The number of nitrogens with zero attached hydrogens (tertiary/aromatic N) is 2. The van der Waals surface area contributed by atoms with Crippen LogP contribution in [0.3, 0.4) is 0 Å². The number of nitriles is 1. The Morgan fingerprint density at radius 3 is 2.25 bits per heavy atom. The number of pyridine rings is 1. The number of carbonyl (C=O) groups is 1. The van der Waals surface area contributed by atoms with Crippen molar-refractivity contribution < 1.29 is 9.53 Å². The van der Waals surface area contributed by atoms with Crippen LogP contribution < -0.4 is 15.4 Å². The molecular formula is C22H20N4O2. The number of hydrogen-bond donors (Lipinski definition) is 2. The second-order valence-electron chi connectivity index (χ2n) is 6.39. The fourth-order valence-electron chi connectivity index (χ4n) is 2.47. The molecule has 0 bridgehead atoms. The summed E-state index contributed by atoms with van der Waals surface area (Å²) in [6.45, 7) is 3.92. The number of aromatic nitrogens is 1. The molecule has 2 N–H and O–H groups in total. The molecule has 0 spiro atoms. The first-order chi connectivity index (χ1) is 13.5. The van der Waals surface area contributed by atoms with Crippen molar-refractivity contribution in [1.82, 2.24) is 4.98 Å². The van der Waals surface area contributed by atoms with Crippen LogP contribution in [0, 0.1) is 11.3 Å². The lowest BCUT2D eigenvalue weighted by Gasteiger charge is -2.11. The van der Waals surface area contributed by atoms with Gasteiger partial charge in [0.2, 0.25) is 0 Å². The highest BCUT2D eigenvalue weighted by atomic mass is 16.5. The normalized spacial score (nSPS) is 10.2. The third kappa shape index (κ3) is 5.08. The molecule has 0 atom stereocenters. The first-order valence-corrected chi connectivity index (χ1v) is 8.85. The van der Waals surface area contributed by atoms with Gasteiger partial charge in [0.1, 0.15) is 11.6 Å². The van der Waals surface area contributed by atoms with E-state index in [2.05, 4.69) is 21.7 Å². The van der Waals surface area contributed by atoms with Crippen molar-refractivity contribution in [1.29, 1.82) is 5.26 Å². The maximum Gasteiger partial charge on any atom is 0.257 e. The van der Waals surface area contributed by atoms with Gasteiger partial charge in [0.15, 0.2) is 0 Å². The number of nitrogens with one attached hydrogen (secondary N) is 2. The zero-order chi connectivity index (χ0) is 19.9. The van der Waals surface area contributed by atoms with Crippen molar-refractivity contribution in [2.75, 3.05) is 10.6 Å². The Hall–Kier alpha value is -3.85. The van der Waals surface area contributed by atoms with Crippen LogP contribution in [0.25, 0.3) is 0 Å². The third-order valence-electron chi connectivity index (χ3n) is 3.80. The maximum absolute atomic E-state index is 12.4. The minimum absolute atomic E-state index is 0.0999. The van der Waals surface area contributed by atoms with E-state index < -0.39 is 0 Å². The predicted octanol–water partition coefficient (Wildman–Crippen LogP) is 4.74. The van der Waals surface area contributed by atoms with Crippen molar-refractivity contribution in [3.05, 3.63) is 78.0 Å². The molecule has 0 aliphatic carbocycles. The summed E-state index contributed by atoms with van der Waals surface area (Å²) in [7, 11) is 0. The van der Waals surface area contributed by atoms with E-state index >= 15 is 0 Å². The highest BCUT2D eigenvalue weighted by Gasteiger charge is 2.08. The molecule has 3 rings (SSSR count). The predicted molar refractivity (Wildman–Crippen MR) is 109 cm³/mol. The Morgan fingerprint density at radius 2 is 1.68 bits per heavy atom. The SMILES string of the molecule is CC(C)Oc1ccc(NC(=O)c2ccc(Nc3ccc(C#N)cc3)nc2)cc1. The molecule has 140 valence electrons. The molecule has 1 heterocycles. The van der Waals surface area contributed by atoms with Crippen LogP contribution in [0.1, 0.15) is 29.8 Å². The van der Waals surface area contributed by atoms with Crippen LogP contribution in [-0.4, -0.2) is 17.0 Å². The number of amides is 1. The van der Waals surface area contributed by atoms with Crippen molar-refractivity contribution >= 4 is 23.1 Å². The summed E-state index contributed by atoms with van der Waals surface area (Å²) in [5.41, 5.74) is 2.54. The van der Waals surface area contributed by atoms with Crippen molar-refractivity contribution in [3.8, 4) is 11.8 Å². The Kier molecular flexibility index (Phi) is 5.87. The molecule has 1 aromatic heterocycles. The number of benzene rings is 2. The molecule has 1 amide bonds. The lowest BCUT2D eigenvalue weighted by molar-refractivity contribution is 0.102. The Balaban J connectivity index is 1.60. The van der Waals surface area contributed by atoms with Gasteiger partial charge in [-0.2, -0.15) is 5.26 Å². The van der Waals surface area contributed by atoms with Crippen LogP contribution in [0.2, 0.25) is 0 Å².